The Kier molecular flexibility index (Phi) is 6.29. The SMILES string of the molecule is CCCCCC(=O)NC(=S)Nc1cc(C)ccc1O. The van der Waals surface area contributed by atoms with E-state index in [0.717, 1.165) is 24.8 Å². The second-order valence-electron chi connectivity index (χ2n) is 4.48. The van der Waals surface area contributed by atoms with E-state index < -0.39 is 0 Å². The van der Waals surface area contributed by atoms with E-state index in [2.05, 4.69) is 17.6 Å². The monoisotopic (exact) mass is 280 g/mol. The van der Waals surface area contributed by atoms with Crippen LogP contribution in [-0.2, 0) is 4.79 Å². The summed E-state index contributed by atoms with van der Waals surface area (Å²) in [7, 11) is 0. The molecule has 1 amide bonds. The lowest BCUT2D eigenvalue weighted by atomic mass is 10.2. The van der Waals surface area contributed by atoms with Crippen LogP contribution in [0.15, 0.2) is 18.2 Å². The lowest BCUT2D eigenvalue weighted by molar-refractivity contribution is -0.119. The van der Waals surface area contributed by atoms with Crippen LogP contribution in [0.5, 0.6) is 5.75 Å². The molecule has 0 aliphatic heterocycles. The molecule has 0 bridgehead atoms. The quantitative estimate of drug-likeness (QED) is 0.440. The van der Waals surface area contributed by atoms with Crippen LogP contribution in [0.3, 0.4) is 0 Å². The first-order valence-electron chi connectivity index (χ1n) is 6.43. The van der Waals surface area contributed by atoms with Crippen molar-refractivity contribution >= 4 is 28.9 Å². The maximum Gasteiger partial charge on any atom is 0.226 e. The van der Waals surface area contributed by atoms with Gasteiger partial charge in [-0.2, -0.15) is 0 Å². The van der Waals surface area contributed by atoms with Crippen LogP contribution < -0.4 is 10.6 Å². The lowest BCUT2D eigenvalue weighted by Crippen LogP contribution is -2.33. The third-order valence-electron chi connectivity index (χ3n) is 2.66. The first-order valence-corrected chi connectivity index (χ1v) is 6.84. The molecule has 5 heteroatoms. The molecule has 0 fully saturated rings. The van der Waals surface area contributed by atoms with Crippen LogP contribution in [0.25, 0.3) is 0 Å². The van der Waals surface area contributed by atoms with Crippen molar-refractivity contribution in [3.8, 4) is 5.75 Å². The minimum Gasteiger partial charge on any atom is -0.506 e. The van der Waals surface area contributed by atoms with Gasteiger partial charge in [0.15, 0.2) is 5.11 Å². The molecule has 0 aliphatic carbocycles. The number of phenolic OH excluding ortho intramolecular Hbond substituents is 1. The van der Waals surface area contributed by atoms with Gasteiger partial charge in [0.25, 0.3) is 0 Å². The second-order valence-corrected chi connectivity index (χ2v) is 4.89. The average Bonchev–Trinajstić information content (AvgIpc) is 2.34. The summed E-state index contributed by atoms with van der Waals surface area (Å²) in [6.07, 6.45) is 3.44. The van der Waals surface area contributed by atoms with Crippen molar-refractivity contribution < 1.29 is 9.90 Å². The number of aromatic hydroxyl groups is 1. The molecule has 0 saturated carbocycles. The number of carbonyl (C=O) groups excluding carboxylic acids is 1. The van der Waals surface area contributed by atoms with Crippen molar-refractivity contribution in [2.45, 2.75) is 39.5 Å². The van der Waals surface area contributed by atoms with Gasteiger partial charge < -0.3 is 15.7 Å². The maximum absolute atomic E-state index is 11.6. The Hall–Kier alpha value is -1.62. The summed E-state index contributed by atoms with van der Waals surface area (Å²) < 4.78 is 0. The van der Waals surface area contributed by atoms with E-state index in [-0.39, 0.29) is 16.8 Å². The summed E-state index contributed by atoms with van der Waals surface area (Å²) in [4.78, 5) is 11.6. The summed E-state index contributed by atoms with van der Waals surface area (Å²) >= 11 is 5.04. The molecule has 4 nitrogen and oxygen atoms in total. The Bertz CT molecular complexity index is 461. The van der Waals surface area contributed by atoms with Gasteiger partial charge in [-0.1, -0.05) is 25.8 Å². The normalized spacial score (nSPS) is 10.0. The van der Waals surface area contributed by atoms with Gasteiger partial charge in [-0.25, -0.2) is 0 Å². The van der Waals surface area contributed by atoms with Gasteiger partial charge in [0.05, 0.1) is 5.69 Å². The number of thiocarbonyl (C=S) groups is 1. The fourth-order valence-corrected chi connectivity index (χ4v) is 1.85. The predicted molar refractivity (Wildman–Crippen MR) is 81.3 cm³/mol. The number of hydrogen-bond acceptors (Lipinski definition) is 3. The highest BCUT2D eigenvalue weighted by molar-refractivity contribution is 7.80. The molecule has 0 aliphatic rings. The van der Waals surface area contributed by atoms with Crippen molar-refractivity contribution in [1.82, 2.24) is 5.32 Å². The third-order valence-corrected chi connectivity index (χ3v) is 2.86. The van der Waals surface area contributed by atoms with Crippen molar-refractivity contribution in [2.75, 3.05) is 5.32 Å². The molecule has 0 atom stereocenters. The number of benzene rings is 1. The number of phenols is 1. The fraction of sp³-hybridized carbons (Fsp3) is 0.429. The zero-order valence-corrected chi connectivity index (χ0v) is 12.1. The number of rotatable bonds is 5. The fourth-order valence-electron chi connectivity index (χ4n) is 1.63. The Morgan fingerprint density at radius 3 is 2.79 bits per heavy atom. The second kappa shape index (κ2) is 7.74. The Balaban J connectivity index is 2.46. The van der Waals surface area contributed by atoms with E-state index in [1.165, 1.54) is 0 Å². The lowest BCUT2D eigenvalue weighted by Gasteiger charge is -2.11. The van der Waals surface area contributed by atoms with Gasteiger partial charge in [-0.05, 0) is 43.3 Å². The van der Waals surface area contributed by atoms with Gasteiger partial charge in [0.2, 0.25) is 5.91 Å². The largest absolute Gasteiger partial charge is 0.506 e. The molecular formula is C14H20N2O2S. The molecule has 0 saturated heterocycles. The van der Waals surface area contributed by atoms with E-state index in [4.69, 9.17) is 12.2 Å². The molecule has 1 rings (SSSR count). The first-order chi connectivity index (χ1) is 9.02. The van der Waals surface area contributed by atoms with Gasteiger partial charge in [-0.3, -0.25) is 4.79 Å². The van der Waals surface area contributed by atoms with Crippen molar-refractivity contribution in [3.05, 3.63) is 23.8 Å². The molecular weight excluding hydrogens is 260 g/mol. The number of amides is 1. The van der Waals surface area contributed by atoms with E-state index in [0.29, 0.717) is 12.1 Å². The molecule has 19 heavy (non-hydrogen) atoms. The molecule has 3 N–H and O–H groups in total. The van der Waals surface area contributed by atoms with Crippen LogP contribution in [0.1, 0.15) is 38.2 Å². The maximum atomic E-state index is 11.6. The summed E-state index contributed by atoms with van der Waals surface area (Å²) in [6, 6.07) is 5.15. The average molecular weight is 280 g/mol. The molecule has 104 valence electrons. The smallest absolute Gasteiger partial charge is 0.226 e. The minimum absolute atomic E-state index is 0.0990. The van der Waals surface area contributed by atoms with Crippen molar-refractivity contribution in [1.29, 1.82) is 0 Å². The van der Waals surface area contributed by atoms with Crippen LogP contribution >= 0.6 is 12.2 Å². The molecule has 0 radical (unpaired) electrons. The van der Waals surface area contributed by atoms with E-state index >= 15 is 0 Å². The molecule has 0 unspecified atom stereocenters. The highest BCUT2D eigenvalue weighted by atomic mass is 32.1. The molecule has 1 aromatic rings. The predicted octanol–water partition coefficient (Wildman–Crippen LogP) is 3.09. The van der Waals surface area contributed by atoms with Crippen molar-refractivity contribution in [2.24, 2.45) is 0 Å². The van der Waals surface area contributed by atoms with Gasteiger partial charge in [-0.15, -0.1) is 0 Å². The number of aryl methyl sites for hydroxylation is 1. The highest BCUT2D eigenvalue weighted by Gasteiger charge is 2.07. The Morgan fingerprint density at radius 2 is 2.11 bits per heavy atom. The van der Waals surface area contributed by atoms with Crippen LogP contribution in [0, 0.1) is 6.92 Å². The number of anilines is 1. The van der Waals surface area contributed by atoms with Crippen LogP contribution in [-0.4, -0.2) is 16.1 Å². The zero-order chi connectivity index (χ0) is 14.3. The molecule has 0 spiro atoms. The Labute approximate surface area is 119 Å². The van der Waals surface area contributed by atoms with Gasteiger partial charge in [0.1, 0.15) is 5.75 Å². The van der Waals surface area contributed by atoms with E-state index in [1.807, 2.05) is 6.92 Å². The van der Waals surface area contributed by atoms with Crippen molar-refractivity contribution in [3.63, 3.8) is 0 Å². The molecule has 1 aromatic carbocycles. The molecule has 0 aromatic heterocycles. The van der Waals surface area contributed by atoms with E-state index in [9.17, 15) is 9.90 Å². The third kappa shape index (κ3) is 5.70. The molecule has 0 heterocycles. The number of unbranched alkanes of at least 4 members (excludes halogenated alkanes) is 2. The van der Waals surface area contributed by atoms with Gasteiger partial charge >= 0.3 is 0 Å². The van der Waals surface area contributed by atoms with Crippen LogP contribution in [0.2, 0.25) is 0 Å². The number of carbonyl (C=O) groups is 1. The summed E-state index contributed by atoms with van der Waals surface area (Å²) in [5.41, 5.74) is 1.50. The Morgan fingerprint density at radius 1 is 1.37 bits per heavy atom. The van der Waals surface area contributed by atoms with Crippen LogP contribution in [0.4, 0.5) is 5.69 Å². The zero-order valence-electron chi connectivity index (χ0n) is 11.3. The number of hydrogen-bond donors (Lipinski definition) is 3. The first kappa shape index (κ1) is 15.4. The van der Waals surface area contributed by atoms with Gasteiger partial charge in [0, 0.05) is 6.42 Å². The minimum atomic E-state index is -0.0990. The summed E-state index contributed by atoms with van der Waals surface area (Å²) in [5.74, 6) is 0.00581. The topological polar surface area (TPSA) is 61.4 Å². The summed E-state index contributed by atoms with van der Waals surface area (Å²) in [6.45, 7) is 4.00. The number of nitrogens with one attached hydrogen (secondary N) is 2. The summed E-state index contributed by atoms with van der Waals surface area (Å²) in [5, 5.41) is 15.3. The highest BCUT2D eigenvalue weighted by Crippen LogP contribution is 2.23. The standard InChI is InChI=1S/C14H20N2O2S/c1-3-4-5-6-13(18)16-14(19)15-11-9-10(2)7-8-12(11)17/h7-9,17H,3-6H2,1-2H3,(H2,15,16,18,19). The van der Waals surface area contributed by atoms with E-state index in [1.54, 1.807) is 18.2 Å².